The Labute approximate surface area is 225 Å². The number of amides is 1. The highest BCUT2D eigenvalue weighted by atomic mass is 35.5. The maximum atomic E-state index is 13.8. The molecule has 37 heavy (non-hydrogen) atoms. The number of hydrogen-bond donors (Lipinski definition) is 1. The molecule has 2 aliphatic heterocycles. The smallest absolute Gasteiger partial charge is 0.252 e. The van der Waals surface area contributed by atoms with Gasteiger partial charge in [0.15, 0.2) is 0 Å². The lowest BCUT2D eigenvalue weighted by Gasteiger charge is -2.37. The Balaban J connectivity index is 1.40. The second-order valence-electron chi connectivity index (χ2n) is 9.31. The van der Waals surface area contributed by atoms with Gasteiger partial charge >= 0.3 is 0 Å². The van der Waals surface area contributed by atoms with Gasteiger partial charge in [-0.15, -0.1) is 0 Å². The van der Waals surface area contributed by atoms with Crippen molar-refractivity contribution in [1.82, 2.24) is 20.3 Å². The molecule has 5 rings (SSSR count). The van der Waals surface area contributed by atoms with Crippen LogP contribution in [0.5, 0.6) is 0 Å². The molecule has 194 valence electrons. The molecule has 0 bridgehead atoms. The van der Waals surface area contributed by atoms with Crippen LogP contribution in [-0.4, -0.2) is 66.7 Å². The van der Waals surface area contributed by atoms with Crippen molar-refractivity contribution in [3.63, 3.8) is 0 Å². The quantitative estimate of drug-likeness (QED) is 0.501. The fraction of sp³-hybridized carbons (Fsp3) is 0.385. The molecule has 0 radical (unpaired) electrons. The van der Waals surface area contributed by atoms with E-state index >= 15 is 0 Å². The second kappa shape index (κ2) is 10.7. The van der Waals surface area contributed by atoms with E-state index in [0.717, 1.165) is 30.8 Å². The number of aromatic nitrogens is 3. The van der Waals surface area contributed by atoms with Crippen molar-refractivity contribution in [2.24, 2.45) is 0 Å². The lowest BCUT2D eigenvalue weighted by atomic mass is 10.1. The number of hydrogen-bond acceptors (Lipinski definition) is 7. The van der Waals surface area contributed by atoms with E-state index in [1.165, 1.54) is 6.07 Å². The summed E-state index contributed by atoms with van der Waals surface area (Å²) in [6, 6.07) is 8.59. The highest BCUT2D eigenvalue weighted by Gasteiger charge is 2.27. The lowest BCUT2D eigenvalue weighted by molar-refractivity contribution is 0.0962. The zero-order chi connectivity index (χ0) is 26.1. The maximum Gasteiger partial charge on any atom is 0.252 e. The Morgan fingerprint density at radius 3 is 2.43 bits per heavy atom. The molecule has 0 saturated carbocycles. The van der Waals surface area contributed by atoms with E-state index in [4.69, 9.17) is 33.2 Å². The standard InChI is InChI=1S/C26H28Cl2FN7O/c1-16-4-3-7-36(16)26-32-22(17-5-6-21(29)19(27)12-17)14-23(33-26)34-8-10-35(11-9-34)24-20(28)13-18(15-31-24)25(37)30-2/h5-6,12-16H,3-4,7-11H2,1-2H3,(H,30,37). The van der Waals surface area contributed by atoms with Crippen LogP contribution in [0.4, 0.5) is 22.0 Å². The number of carbonyl (C=O) groups is 1. The summed E-state index contributed by atoms with van der Waals surface area (Å²) in [5.74, 6) is 1.46. The topological polar surface area (TPSA) is 77.5 Å². The van der Waals surface area contributed by atoms with Crippen LogP contribution in [0.3, 0.4) is 0 Å². The van der Waals surface area contributed by atoms with Crippen LogP contribution in [0, 0.1) is 5.82 Å². The number of nitrogens with one attached hydrogen (secondary N) is 1. The van der Waals surface area contributed by atoms with Crippen molar-refractivity contribution in [3.05, 3.63) is 58.0 Å². The molecule has 4 heterocycles. The van der Waals surface area contributed by atoms with Gasteiger partial charge in [-0.25, -0.2) is 14.4 Å². The van der Waals surface area contributed by atoms with Crippen molar-refractivity contribution in [2.45, 2.75) is 25.8 Å². The Morgan fingerprint density at radius 2 is 1.78 bits per heavy atom. The first-order chi connectivity index (χ1) is 17.8. The fourth-order valence-electron chi connectivity index (χ4n) is 4.83. The zero-order valence-corrected chi connectivity index (χ0v) is 22.2. The Kier molecular flexibility index (Phi) is 7.35. The van der Waals surface area contributed by atoms with Crippen LogP contribution in [0.15, 0.2) is 36.5 Å². The Hall–Kier alpha value is -3.17. The van der Waals surface area contributed by atoms with E-state index in [1.807, 2.05) is 6.07 Å². The highest BCUT2D eigenvalue weighted by Crippen LogP contribution is 2.32. The average Bonchev–Trinajstić information content (AvgIpc) is 3.35. The van der Waals surface area contributed by atoms with Gasteiger partial charge in [-0.1, -0.05) is 23.2 Å². The molecular formula is C26H28Cl2FN7O. The van der Waals surface area contributed by atoms with E-state index < -0.39 is 5.82 Å². The number of pyridine rings is 1. The van der Waals surface area contributed by atoms with Gasteiger partial charge < -0.3 is 20.0 Å². The van der Waals surface area contributed by atoms with Gasteiger partial charge in [-0.2, -0.15) is 4.98 Å². The Bertz CT molecular complexity index is 1320. The molecular weight excluding hydrogens is 516 g/mol. The SMILES string of the molecule is CNC(=O)c1cnc(N2CCN(c3cc(-c4ccc(F)c(Cl)c4)nc(N4CCCC4C)n3)CC2)c(Cl)c1. The van der Waals surface area contributed by atoms with Gasteiger partial charge in [0.25, 0.3) is 5.91 Å². The molecule has 8 nitrogen and oxygen atoms in total. The first-order valence-corrected chi connectivity index (χ1v) is 13.1. The van der Waals surface area contributed by atoms with E-state index in [0.29, 0.717) is 60.3 Å². The van der Waals surface area contributed by atoms with Gasteiger partial charge in [0.1, 0.15) is 17.5 Å². The number of rotatable bonds is 5. The fourth-order valence-corrected chi connectivity index (χ4v) is 5.29. The summed E-state index contributed by atoms with van der Waals surface area (Å²) in [7, 11) is 1.57. The molecule has 2 saturated heterocycles. The van der Waals surface area contributed by atoms with Gasteiger partial charge in [0, 0.05) is 63.6 Å². The summed E-state index contributed by atoms with van der Waals surface area (Å²) in [5, 5.41) is 3.09. The molecule has 11 heteroatoms. The van der Waals surface area contributed by atoms with Gasteiger partial charge in [-0.3, -0.25) is 4.79 Å². The highest BCUT2D eigenvalue weighted by molar-refractivity contribution is 6.33. The van der Waals surface area contributed by atoms with Crippen molar-refractivity contribution < 1.29 is 9.18 Å². The van der Waals surface area contributed by atoms with Gasteiger partial charge in [0.2, 0.25) is 5.95 Å². The molecule has 1 aromatic carbocycles. The normalized spacial score (nSPS) is 17.9. The molecule has 2 fully saturated rings. The maximum absolute atomic E-state index is 13.8. The number of benzene rings is 1. The van der Waals surface area contributed by atoms with Crippen molar-refractivity contribution in [1.29, 1.82) is 0 Å². The molecule has 2 aliphatic rings. The first-order valence-electron chi connectivity index (χ1n) is 12.3. The molecule has 1 unspecified atom stereocenters. The molecule has 0 aliphatic carbocycles. The van der Waals surface area contributed by atoms with E-state index in [-0.39, 0.29) is 10.9 Å². The summed E-state index contributed by atoms with van der Waals surface area (Å²) in [6.45, 7) is 5.85. The van der Waals surface area contributed by atoms with E-state index in [1.54, 1.807) is 31.4 Å². The van der Waals surface area contributed by atoms with Crippen molar-refractivity contribution in [2.75, 3.05) is 54.5 Å². The van der Waals surface area contributed by atoms with Gasteiger partial charge in [-0.05, 0) is 44.0 Å². The summed E-state index contributed by atoms with van der Waals surface area (Å²) < 4.78 is 13.8. The minimum atomic E-state index is -0.458. The van der Waals surface area contributed by atoms with Crippen molar-refractivity contribution in [3.8, 4) is 11.3 Å². The van der Waals surface area contributed by atoms with E-state index in [9.17, 15) is 9.18 Å². The third kappa shape index (κ3) is 5.29. The molecule has 1 amide bonds. The average molecular weight is 544 g/mol. The summed E-state index contributed by atoms with van der Waals surface area (Å²) in [5.41, 5.74) is 1.87. The third-order valence-corrected chi connectivity index (χ3v) is 7.51. The minimum Gasteiger partial charge on any atom is -0.355 e. The minimum absolute atomic E-state index is 0.0641. The molecule has 2 aromatic heterocycles. The number of halogens is 3. The van der Waals surface area contributed by atoms with Crippen LogP contribution < -0.4 is 20.0 Å². The monoisotopic (exact) mass is 543 g/mol. The van der Waals surface area contributed by atoms with E-state index in [2.05, 4.69) is 31.9 Å². The second-order valence-corrected chi connectivity index (χ2v) is 10.1. The first kappa shape index (κ1) is 25.5. The largest absolute Gasteiger partial charge is 0.355 e. The molecule has 1 N–H and O–H groups in total. The Morgan fingerprint density at radius 1 is 1.03 bits per heavy atom. The van der Waals surface area contributed by atoms with Crippen LogP contribution in [-0.2, 0) is 0 Å². The van der Waals surface area contributed by atoms with Gasteiger partial charge in [0.05, 0.1) is 21.3 Å². The number of piperazine rings is 1. The number of nitrogens with zero attached hydrogens (tertiary/aromatic N) is 6. The van der Waals surface area contributed by atoms with Crippen LogP contribution in [0.2, 0.25) is 10.0 Å². The molecule has 0 spiro atoms. The van der Waals surface area contributed by atoms with Crippen LogP contribution in [0.25, 0.3) is 11.3 Å². The predicted molar refractivity (Wildman–Crippen MR) is 146 cm³/mol. The van der Waals surface area contributed by atoms with Crippen LogP contribution in [0.1, 0.15) is 30.1 Å². The predicted octanol–water partition coefficient (Wildman–Crippen LogP) is 4.66. The molecule has 1 atom stereocenters. The third-order valence-electron chi connectivity index (χ3n) is 6.94. The summed E-state index contributed by atoms with van der Waals surface area (Å²) in [6.07, 6.45) is 3.73. The van der Waals surface area contributed by atoms with Crippen LogP contribution >= 0.6 is 23.2 Å². The van der Waals surface area contributed by atoms with Crippen molar-refractivity contribution >= 4 is 46.7 Å². The lowest BCUT2D eigenvalue weighted by Crippen LogP contribution is -2.47. The number of anilines is 3. The summed E-state index contributed by atoms with van der Waals surface area (Å²) in [4.78, 5) is 32.7. The summed E-state index contributed by atoms with van der Waals surface area (Å²) >= 11 is 12.6. The number of carbonyl (C=O) groups excluding carboxylic acids is 1. The zero-order valence-electron chi connectivity index (χ0n) is 20.7. The molecule has 3 aromatic rings.